The Labute approximate surface area is 80.6 Å². The maximum absolute atomic E-state index is 4.10. The summed E-state index contributed by atoms with van der Waals surface area (Å²) in [5.41, 5.74) is 0. The summed E-state index contributed by atoms with van der Waals surface area (Å²) in [7, 11) is 0. The van der Waals surface area contributed by atoms with Crippen LogP contribution < -0.4 is 0 Å². The van der Waals surface area contributed by atoms with E-state index in [0.717, 1.165) is 11.8 Å². The second-order valence-corrected chi connectivity index (χ2v) is 3.48. The van der Waals surface area contributed by atoms with Crippen molar-refractivity contribution in [1.82, 2.24) is 19.6 Å². The van der Waals surface area contributed by atoms with Gasteiger partial charge in [0.05, 0.1) is 11.8 Å². The maximum atomic E-state index is 4.10. The van der Waals surface area contributed by atoms with Gasteiger partial charge < -0.3 is 0 Å². The summed E-state index contributed by atoms with van der Waals surface area (Å²) >= 11 is 1.77. The lowest BCUT2D eigenvalue weighted by molar-refractivity contribution is 0.724. The molecule has 0 N–H and O–H groups in total. The van der Waals surface area contributed by atoms with Crippen LogP contribution in [0.15, 0.2) is 36.9 Å². The van der Waals surface area contributed by atoms with Crippen molar-refractivity contribution < 1.29 is 0 Å². The molecule has 0 fully saturated rings. The standard InChI is InChI=1S/C8H10N4S/c1-3-9-11(5-1)7-13-8-12-6-2-4-10-12/h1-6H,7-8H2. The molecule has 0 aliphatic rings. The Morgan fingerprint density at radius 3 is 1.85 bits per heavy atom. The van der Waals surface area contributed by atoms with E-state index in [4.69, 9.17) is 0 Å². The van der Waals surface area contributed by atoms with Crippen LogP contribution in [-0.2, 0) is 11.8 Å². The zero-order chi connectivity index (χ0) is 8.93. The number of thioether (sulfide) groups is 1. The molecule has 0 spiro atoms. The highest BCUT2D eigenvalue weighted by Crippen LogP contribution is 2.06. The second kappa shape index (κ2) is 4.13. The van der Waals surface area contributed by atoms with Crippen molar-refractivity contribution in [1.29, 1.82) is 0 Å². The van der Waals surface area contributed by atoms with Gasteiger partial charge in [0.15, 0.2) is 0 Å². The Morgan fingerprint density at radius 1 is 0.923 bits per heavy atom. The fourth-order valence-electron chi connectivity index (χ4n) is 0.982. The first-order valence-electron chi connectivity index (χ1n) is 3.98. The quantitative estimate of drug-likeness (QED) is 0.738. The number of rotatable bonds is 4. The van der Waals surface area contributed by atoms with Gasteiger partial charge in [-0.15, -0.1) is 11.8 Å². The number of aromatic nitrogens is 4. The van der Waals surface area contributed by atoms with E-state index in [1.807, 2.05) is 33.9 Å². The molecule has 13 heavy (non-hydrogen) atoms. The summed E-state index contributed by atoms with van der Waals surface area (Å²) in [5, 5.41) is 8.20. The fourth-order valence-corrected chi connectivity index (χ4v) is 1.74. The molecule has 5 heteroatoms. The largest absolute Gasteiger partial charge is 0.263 e. The minimum absolute atomic E-state index is 0.868. The molecule has 0 aliphatic heterocycles. The van der Waals surface area contributed by atoms with Gasteiger partial charge in [0.1, 0.15) is 0 Å². The first-order chi connectivity index (χ1) is 6.45. The Balaban J connectivity index is 1.76. The van der Waals surface area contributed by atoms with Gasteiger partial charge in [-0.2, -0.15) is 10.2 Å². The second-order valence-electron chi connectivity index (χ2n) is 2.55. The molecule has 0 aliphatic carbocycles. The molecule has 2 rings (SSSR count). The average Bonchev–Trinajstić information content (AvgIpc) is 2.75. The zero-order valence-corrected chi connectivity index (χ0v) is 7.89. The molecule has 0 amide bonds. The summed E-state index contributed by atoms with van der Waals surface area (Å²) in [4.78, 5) is 0. The Hall–Kier alpha value is -1.23. The number of nitrogens with zero attached hydrogens (tertiary/aromatic N) is 4. The monoisotopic (exact) mass is 194 g/mol. The van der Waals surface area contributed by atoms with E-state index < -0.39 is 0 Å². The topological polar surface area (TPSA) is 35.6 Å². The summed E-state index contributed by atoms with van der Waals surface area (Å²) < 4.78 is 3.79. The zero-order valence-electron chi connectivity index (χ0n) is 7.08. The molecule has 2 aromatic heterocycles. The SMILES string of the molecule is c1cnn(CSCn2cccn2)c1. The minimum atomic E-state index is 0.868. The maximum Gasteiger partial charge on any atom is 0.0881 e. The van der Waals surface area contributed by atoms with Crippen LogP contribution in [0.2, 0.25) is 0 Å². The lowest BCUT2D eigenvalue weighted by Crippen LogP contribution is -1.99. The predicted octanol–water partition coefficient (Wildman–Crippen LogP) is 1.43. The molecule has 2 aromatic rings. The highest BCUT2D eigenvalue weighted by molar-refractivity contribution is 7.97. The van der Waals surface area contributed by atoms with Crippen molar-refractivity contribution in [2.75, 3.05) is 0 Å². The lowest BCUT2D eigenvalue weighted by atomic mass is 10.8. The summed E-state index contributed by atoms with van der Waals surface area (Å²) in [5.74, 6) is 1.74. The first-order valence-corrected chi connectivity index (χ1v) is 5.13. The summed E-state index contributed by atoms with van der Waals surface area (Å²) in [6.45, 7) is 0. The average molecular weight is 194 g/mol. The van der Waals surface area contributed by atoms with E-state index in [2.05, 4.69) is 10.2 Å². The van der Waals surface area contributed by atoms with Crippen LogP contribution in [0.4, 0.5) is 0 Å². The van der Waals surface area contributed by atoms with Gasteiger partial charge in [-0.1, -0.05) is 0 Å². The normalized spacial score (nSPS) is 10.5. The molecule has 68 valence electrons. The first kappa shape index (κ1) is 8.37. The van der Waals surface area contributed by atoms with E-state index in [-0.39, 0.29) is 0 Å². The van der Waals surface area contributed by atoms with Crippen LogP contribution >= 0.6 is 11.8 Å². The molecular weight excluding hydrogens is 184 g/mol. The molecule has 0 radical (unpaired) electrons. The Kier molecular flexibility index (Phi) is 2.66. The fraction of sp³-hybridized carbons (Fsp3) is 0.250. The molecule has 0 saturated carbocycles. The van der Waals surface area contributed by atoms with E-state index in [0.29, 0.717) is 0 Å². The highest BCUT2D eigenvalue weighted by Gasteiger charge is 1.92. The molecule has 0 aromatic carbocycles. The number of hydrogen-bond acceptors (Lipinski definition) is 3. The van der Waals surface area contributed by atoms with Crippen LogP contribution in [0.25, 0.3) is 0 Å². The van der Waals surface area contributed by atoms with Crippen LogP contribution in [0, 0.1) is 0 Å². The van der Waals surface area contributed by atoms with E-state index >= 15 is 0 Å². The molecule has 0 bridgehead atoms. The smallest absolute Gasteiger partial charge is 0.0881 e. The van der Waals surface area contributed by atoms with Crippen LogP contribution in [0.5, 0.6) is 0 Å². The van der Waals surface area contributed by atoms with Crippen molar-refractivity contribution in [3.8, 4) is 0 Å². The summed E-state index contributed by atoms with van der Waals surface area (Å²) in [6.07, 6.45) is 7.48. The van der Waals surface area contributed by atoms with Crippen LogP contribution in [-0.4, -0.2) is 19.6 Å². The number of hydrogen-bond donors (Lipinski definition) is 0. The van der Waals surface area contributed by atoms with Crippen molar-refractivity contribution in [3.63, 3.8) is 0 Å². The van der Waals surface area contributed by atoms with Gasteiger partial charge in [0.2, 0.25) is 0 Å². The van der Waals surface area contributed by atoms with E-state index in [1.54, 1.807) is 24.2 Å². The van der Waals surface area contributed by atoms with Crippen molar-refractivity contribution in [2.45, 2.75) is 11.8 Å². The molecular formula is C8H10N4S. The van der Waals surface area contributed by atoms with Gasteiger partial charge in [0.25, 0.3) is 0 Å². The van der Waals surface area contributed by atoms with Crippen LogP contribution in [0.1, 0.15) is 0 Å². The third-order valence-electron chi connectivity index (χ3n) is 1.57. The lowest BCUT2D eigenvalue weighted by Gasteiger charge is -2.01. The molecule has 4 nitrogen and oxygen atoms in total. The van der Waals surface area contributed by atoms with E-state index in [1.165, 1.54) is 0 Å². The van der Waals surface area contributed by atoms with E-state index in [9.17, 15) is 0 Å². The molecule has 0 atom stereocenters. The molecule has 0 saturated heterocycles. The van der Waals surface area contributed by atoms with Gasteiger partial charge >= 0.3 is 0 Å². The third kappa shape index (κ3) is 2.35. The van der Waals surface area contributed by atoms with Gasteiger partial charge in [-0.3, -0.25) is 9.36 Å². The summed E-state index contributed by atoms with van der Waals surface area (Å²) in [6, 6.07) is 3.85. The Bertz CT molecular complexity index is 293. The van der Waals surface area contributed by atoms with Gasteiger partial charge in [-0.05, 0) is 12.1 Å². The van der Waals surface area contributed by atoms with Crippen molar-refractivity contribution >= 4 is 11.8 Å². The Morgan fingerprint density at radius 2 is 1.46 bits per heavy atom. The highest BCUT2D eigenvalue weighted by atomic mass is 32.2. The van der Waals surface area contributed by atoms with Gasteiger partial charge in [-0.25, -0.2) is 0 Å². The van der Waals surface area contributed by atoms with Gasteiger partial charge in [0, 0.05) is 24.8 Å². The molecule has 0 unspecified atom stereocenters. The van der Waals surface area contributed by atoms with Crippen molar-refractivity contribution in [2.24, 2.45) is 0 Å². The van der Waals surface area contributed by atoms with Crippen molar-refractivity contribution in [3.05, 3.63) is 36.9 Å². The third-order valence-corrected chi connectivity index (χ3v) is 2.46. The predicted molar refractivity (Wildman–Crippen MR) is 52.0 cm³/mol. The molecule has 2 heterocycles. The van der Waals surface area contributed by atoms with Crippen LogP contribution in [0.3, 0.4) is 0 Å². The minimum Gasteiger partial charge on any atom is -0.263 e.